The van der Waals surface area contributed by atoms with Gasteiger partial charge in [0.2, 0.25) is 0 Å². The number of aryl methyl sites for hydroxylation is 2. The minimum absolute atomic E-state index is 0.217. The van der Waals surface area contributed by atoms with E-state index in [1.54, 1.807) is 11.3 Å². The van der Waals surface area contributed by atoms with Gasteiger partial charge in [-0.25, -0.2) is 0 Å². The maximum atomic E-state index is 12.6. The Labute approximate surface area is 130 Å². The minimum atomic E-state index is 0.217. The number of nitrogens with zero attached hydrogens (tertiary/aromatic N) is 1. The number of rotatable bonds is 5. The molecular weight excluding hydrogens is 284 g/mol. The Morgan fingerprint density at radius 1 is 1.38 bits per heavy atom. The summed E-state index contributed by atoms with van der Waals surface area (Å²) in [5.41, 5.74) is 6.87. The second kappa shape index (κ2) is 6.90. The zero-order chi connectivity index (χ0) is 14.7. The van der Waals surface area contributed by atoms with E-state index in [1.165, 1.54) is 16.9 Å². The summed E-state index contributed by atoms with van der Waals surface area (Å²) in [4.78, 5) is 16.9. The fourth-order valence-corrected chi connectivity index (χ4v) is 4.37. The smallest absolute Gasteiger partial charge is 0.263 e. The molecule has 2 aliphatic rings. The van der Waals surface area contributed by atoms with Crippen molar-refractivity contribution in [2.75, 3.05) is 26.2 Å². The van der Waals surface area contributed by atoms with Gasteiger partial charge >= 0.3 is 0 Å². The van der Waals surface area contributed by atoms with E-state index in [2.05, 4.69) is 6.07 Å². The highest BCUT2D eigenvalue weighted by Crippen LogP contribution is 2.31. The zero-order valence-electron chi connectivity index (χ0n) is 12.5. The topological polar surface area (TPSA) is 55.6 Å². The van der Waals surface area contributed by atoms with Crippen LogP contribution in [0.3, 0.4) is 0 Å². The van der Waals surface area contributed by atoms with Crippen LogP contribution in [0.4, 0.5) is 0 Å². The number of carbonyl (C=O) groups excluding carboxylic acids is 1. The summed E-state index contributed by atoms with van der Waals surface area (Å²) >= 11 is 1.71. The Kier molecular flexibility index (Phi) is 4.93. The number of thiophene rings is 1. The van der Waals surface area contributed by atoms with Crippen molar-refractivity contribution in [3.05, 3.63) is 21.4 Å². The van der Waals surface area contributed by atoms with Gasteiger partial charge < -0.3 is 15.4 Å². The lowest BCUT2D eigenvalue weighted by Crippen LogP contribution is -2.40. The van der Waals surface area contributed by atoms with Crippen LogP contribution in [-0.2, 0) is 17.6 Å². The molecule has 1 aliphatic carbocycles. The van der Waals surface area contributed by atoms with Crippen molar-refractivity contribution >= 4 is 17.2 Å². The van der Waals surface area contributed by atoms with Crippen LogP contribution >= 0.6 is 11.3 Å². The third-order valence-corrected chi connectivity index (χ3v) is 5.61. The zero-order valence-corrected chi connectivity index (χ0v) is 13.3. The first-order chi connectivity index (χ1) is 10.3. The van der Waals surface area contributed by atoms with Gasteiger partial charge in [0.05, 0.1) is 11.0 Å². The van der Waals surface area contributed by atoms with E-state index >= 15 is 0 Å². The van der Waals surface area contributed by atoms with Crippen molar-refractivity contribution in [3.8, 4) is 0 Å². The molecule has 0 aromatic carbocycles. The standard InChI is InChI=1S/C16H24N2O2S/c17-7-2-10-20-13-5-8-18(9-6-13)16(19)15-11-12-3-1-4-14(12)21-15/h11,13H,1-10,17H2. The molecule has 3 rings (SSSR count). The Hall–Kier alpha value is -0.910. The van der Waals surface area contributed by atoms with Crippen LogP contribution in [0, 0.1) is 0 Å². The van der Waals surface area contributed by atoms with Gasteiger partial charge in [0.15, 0.2) is 0 Å². The number of nitrogens with two attached hydrogens (primary N) is 1. The number of carbonyl (C=O) groups is 1. The second-order valence-electron chi connectivity index (χ2n) is 5.92. The summed E-state index contributed by atoms with van der Waals surface area (Å²) in [7, 11) is 0. The third-order valence-electron chi connectivity index (χ3n) is 4.39. The van der Waals surface area contributed by atoms with Crippen molar-refractivity contribution < 1.29 is 9.53 Å². The quantitative estimate of drug-likeness (QED) is 0.849. The Morgan fingerprint density at radius 2 is 2.19 bits per heavy atom. The highest BCUT2D eigenvalue weighted by atomic mass is 32.1. The van der Waals surface area contributed by atoms with Gasteiger partial charge in [-0.1, -0.05) is 0 Å². The molecule has 21 heavy (non-hydrogen) atoms. The lowest BCUT2D eigenvalue weighted by Gasteiger charge is -2.31. The average Bonchev–Trinajstić information content (AvgIpc) is 3.09. The molecular formula is C16H24N2O2S. The van der Waals surface area contributed by atoms with E-state index < -0.39 is 0 Å². The van der Waals surface area contributed by atoms with Crippen LogP contribution in [0.5, 0.6) is 0 Å². The fraction of sp³-hybridized carbons (Fsp3) is 0.688. The van der Waals surface area contributed by atoms with Crippen molar-refractivity contribution in [3.63, 3.8) is 0 Å². The van der Waals surface area contributed by atoms with Crippen LogP contribution in [0.15, 0.2) is 6.07 Å². The van der Waals surface area contributed by atoms with Crippen molar-refractivity contribution in [1.29, 1.82) is 0 Å². The number of ether oxygens (including phenoxy) is 1. The maximum absolute atomic E-state index is 12.6. The van der Waals surface area contributed by atoms with Gasteiger partial charge in [-0.05, 0) is 56.7 Å². The molecule has 1 aliphatic heterocycles. The third kappa shape index (κ3) is 3.47. The molecule has 1 saturated heterocycles. The molecule has 0 bridgehead atoms. The van der Waals surface area contributed by atoms with Crippen LogP contribution in [0.25, 0.3) is 0 Å². The van der Waals surface area contributed by atoms with Gasteiger partial charge in [0, 0.05) is 24.6 Å². The van der Waals surface area contributed by atoms with Gasteiger partial charge in [-0.3, -0.25) is 4.79 Å². The van der Waals surface area contributed by atoms with Crippen LogP contribution < -0.4 is 5.73 Å². The van der Waals surface area contributed by atoms with E-state index in [0.29, 0.717) is 12.6 Å². The predicted octanol–water partition coefficient (Wildman–Crippen LogP) is 2.21. The first-order valence-electron chi connectivity index (χ1n) is 8.00. The largest absolute Gasteiger partial charge is 0.378 e. The molecule has 0 atom stereocenters. The minimum Gasteiger partial charge on any atom is -0.378 e. The molecule has 0 unspecified atom stereocenters. The number of likely N-dealkylation sites (tertiary alicyclic amines) is 1. The normalized spacial score (nSPS) is 19.0. The molecule has 2 N–H and O–H groups in total. The molecule has 4 nitrogen and oxygen atoms in total. The van der Waals surface area contributed by atoms with Crippen molar-refractivity contribution in [2.45, 2.75) is 44.6 Å². The summed E-state index contributed by atoms with van der Waals surface area (Å²) in [5, 5.41) is 0. The summed E-state index contributed by atoms with van der Waals surface area (Å²) in [6.07, 6.45) is 6.67. The molecule has 0 saturated carbocycles. The van der Waals surface area contributed by atoms with E-state index in [-0.39, 0.29) is 5.91 Å². The first kappa shape index (κ1) is 15.0. The number of amides is 1. The Morgan fingerprint density at radius 3 is 2.90 bits per heavy atom. The van der Waals surface area contributed by atoms with Crippen molar-refractivity contribution in [2.24, 2.45) is 5.73 Å². The summed E-state index contributed by atoms with van der Waals surface area (Å²) < 4.78 is 5.79. The van der Waals surface area contributed by atoms with Crippen molar-refractivity contribution in [1.82, 2.24) is 4.90 Å². The van der Waals surface area contributed by atoms with Gasteiger partial charge in [0.1, 0.15) is 0 Å². The van der Waals surface area contributed by atoms with E-state index in [9.17, 15) is 4.79 Å². The first-order valence-corrected chi connectivity index (χ1v) is 8.82. The van der Waals surface area contributed by atoms with Gasteiger partial charge in [0.25, 0.3) is 5.91 Å². The molecule has 5 heteroatoms. The fourth-order valence-electron chi connectivity index (χ4n) is 3.15. The maximum Gasteiger partial charge on any atom is 0.263 e. The van der Waals surface area contributed by atoms with Crippen LogP contribution in [0.2, 0.25) is 0 Å². The molecule has 116 valence electrons. The van der Waals surface area contributed by atoms with Crippen LogP contribution in [-0.4, -0.2) is 43.2 Å². The molecule has 0 radical (unpaired) electrons. The number of piperidine rings is 1. The Balaban J connectivity index is 1.50. The molecule has 1 aromatic heterocycles. The lowest BCUT2D eigenvalue weighted by molar-refractivity contribution is 0.00857. The van der Waals surface area contributed by atoms with Gasteiger partial charge in [-0.15, -0.1) is 11.3 Å². The number of hydrogen-bond donors (Lipinski definition) is 1. The summed E-state index contributed by atoms with van der Waals surface area (Å²) in [6, 6.07) is 2.12. The Bertz CT molecular complexity index is 471. The average molecular weight is 308 g/mol. The van der Waals surface area contributed by atoms with E-state index in [1.807, 2.05) is 4.90 Å². The highest BCUT2D eigenvalue weighted by molar-refractivity contribution is 7.14. The SMILES string of the molecule is NCCCOC1CCN(C(=O)c2cc3c(s2)CCC3)CC1. The summed E-state index contributed by atoms with van der Waals surface area (Å²) in [5.74, 6) is 0.217. The highest BCUT2D eigenvalue weighted by Gasteiger charge is 2.26. The second-order valence-corrected chi connectivity index (χ2v) is 7.05. The van der Waals surface area contributed by atoms with Gasteiger partial charge in [-0.2, -0.15) is 0 Å². The lowest BCUT2D eigenvalue weighted by atomic mass is 10.1. The van der Waals surface area contributed by atoms with Crippen LogP contribution in [0.1, 0.15) is 45.8 Å². The molecule has 0 spiro atoms. The molecule has 1 aromatic rings. The molecule has 1 amide bonds. The molecule has 1 fully saturated rings. The predicted molar refractivity (Wildman–Crippen MR) is 84.9 cm³/mol. The molecule has 2 heterocycles. The summed E-state index contributed by atoms with van der Waals surface area (Å²) in [6.45, 7) is 3.05. The monoisotopic (exact) mass is 308 g/mol. The van der Waals surface area contributed by atoms with E-state index in [0.717, 1.165) is 56.7 Å². The number of fused-ring (bicyclic) bond motifs is 1. The van der Waals surface area contributed by atoms with E-state index in [4.69, 9.17) is 10.5 Å². The number of hydrogen-bond acceptors (Lipinski definition) is 4.